The highest BCUT2D eigenvalue weighted by Crippen LogP contribution is 2.50. The summed E-state index contributed by atoms with van der Waals surface area (Å²) in [6.45, 7) is 2.09. The van der Waals surface area contributed by atoms with Crippen LogP contribution in [0.5, 0.6) is 5.75 Å². The summed E-state index contributed by atoms with van der Waals surface area (Å²) in [5, 5.41) is 8.78. The molecule has 0 unspecified atom stereocenters. The first-order valence-electron chi connectivity index (χ1n) is 10.2. The van der Waals surface area contributed by atoms with Crippen LogP contribution in [0, 0.1) is 6.92 Å². The van der Waals surface area contributed by atoms with Gasteiger partial charge in [0.2, 0.25) is 5.95 Å². The van der Waals surface area contributed by atoms with E-state index in [1.807, 2.05) is 47.1 Å². The van der Waals surface area contributed by atoms with Crippen LogP contribution in [0.4, 0.5) is 5.95 Å². The molecule has 6 rings (SSSR count). The summed E-state index contributed by atoms with van der Waals surface area (Å²) >= 11 is 6.17. The topological polar surface area (TPSA) is 52.0 Å². The number of rotatable bonds is 2. The molecule has 2 atom stereocenters. The summed E-state index contributed by atoms with van der Waals surface area (Å²) in [5.74, 6) is 1.56. The molecule has 0 saturated carbocycles. The molecule has 5 nitrogen and oxygen atoms in total. The van der Waals surface area contributed by atoms with Gasteiger partial charge in [0, 0.05) is 16.2 Å². The van der Waals surface area contributed by atoms with E-state index < -0.39 is 0 Å². The van der Waals surface area contributed by atoms with Crippen molar-refractivity contribution in [2.75, 3.05) is 5.32 Å². The van der Waals surface area contributed by atoms with E-state index in [2.05, 4.69) is 52.7 Å². The van der Waals surface area contributed by atoms with Crippen LogP contribution in [0.1, 0.15) is 34.4 Å². The maximum Gasteiger partial charge on any atom is 0.226 e. The first kappa shape index (κ1) is 18.2. The Morgan fingerprint density at radius 3 is 2.48 bits per heavy atom. The number of anilines is 1. The van der Waals surface area contributed by atoms with E-state index in [1.165, 1.54) is 5.56 Å². The third kappa shape index (κ3) is 2.93. The number of hydrogen-bond acceptors (Lipinski definition) is 4. The van der Waals surface area contributed by atoms with Gasteiger partial charge in [0.05, 0.1) is 5.70 Å². The second-order valence-corrected chi connectivity index (χ2v) is 8.28. The smallest absolute Gasteiger partial charge is 0.226 e. The first-order chi connectivity index (χ1) is 15.2. The fourth-order valence-corrected chi connectivity index (χ4v) is 4.53. The highest BCUT2D eigenvalue weighted by atomic mass is 35.5. The van der Waals surface area contributed by atoms with Crippen molar-refractivity contribution >= 4 is 23.2 Å². The molecule has 0 bridgehead atoms. The molecular formula is C25H19ClN4O. The summed E-state index contributed by atoms with van der Waals surface area (Å²) < 4.78 is 8.53. The van der Waals surface area contributed by atoms with Crippen LogP contribution in [0.2, 0.25) is 5.02 Å². The molecule has 0 radical (unpaired) electrons. The van der Waals surface area contributed by atoms with Gasteiger partial charge in [0.1, 0.15) is 24.2 Å². The highest BCUT2D eigenvalue weighted by Gasteiger charge is 2.40. The van der Waals surface area contributed by atoms with E-state index in [0.29, 0.717) is 5.02 Å². The summed E-state index contributed by atoms with van der Waals surface area (Å²) in [6.07, 6.45) is 1.30. The van der Waals surface area contributed by atoms with Gasteiger partial charge in [0.25, 0.3) is 0 Å². The van der Waals surface area contributed by atoms with Crippen molar-refractivity contribution in [1.82, 2.24) is 14.8 Å². The lowest BCUT2D eigenvalue weighted by Gasteiger charge is -2.39. The van der Waals surface area contributed by atoms with Crippen LogP contribution in [0.3, 0.4) is 0 Å². The third-order valence-electron chi connectivity index (χ3n) is 5.89. The monoisotopic (exact) mass is 426 g/mol. The Morgan fingerprint density at radius 2 is 1.68 bits per heavy atom. The first-order valence-corrected chi connectivity index (χ1v) is 10.6. The molecule has 0 saturated heterocycles. The van der Waals surface area contributed by atoms with Gasteiger partial charge in [-0.05, 0) is 42.3 Å². The predicted octanol–water partition coefficient (Wildman–Crippen LogP) is 5.80. The Kier molecular flexibility index (Phi) is 4.11. The zero-order valence-corrected chi connectivity index (χ0v) is 17.5. The summed E-state index contributed by atoms with van der Waals surface area (Å²) in [7, 11) is 0. The van der Waals surface area contributed by atoms with Crippen LogP contribution in [-0.2, 0) is 0 Å². The number of ether oxygens (including phenoxy) is 1. The van der Waals surface area contributed by atoms with Gasteiger partial charge in [-0.2, -0.15) is 10.1 Å². The number of benzene rings is 3. The molecule has 0 spiro atoms. The fourth-order valence-electron chi connectivity index (χ4n) is 4.40. The lowest BCUT2D eigenvalue weighted by atomic mass is 9.84. The van der Waals surface area contributed by atoms with Crippen molar-refractivity contribution in [1.29, 1.82) is 0 Å². The van der Waals surface area contributed by atoms with Gasteiger partial charge in [-0.3, -0.25) is 0 Å². The van der Waals surface area contributed by atoms with Crippen molar-refractivity contribution in [2.45, 2.75) is 19.1 Å². The molecule has 0 fully saturated rings. The molecular weight excluding hydrogens is 408 g/mol. The molecule has 1 aromatic heterocycles. The summed E-state index contributed by atoms with van der Waals surface area (Å²) in [5.41, 5.74) is 6.53. The van der Waals surface area contributed by atoms with E-state index in [4.69, 9.17) is 16.3 Å². The molecule has 3 heterocycles. The van der Waals surface area contributed by atoms with Crippen LogP contribution in [0.15, 0.2) is 84.7 Å². The lowest BCUT2D eigenvalue weighted by molar-refractivity contribution is 0.223. The van der Waals surface area contributed by atoms with Gasteiger partial charge < -0.3 is 10.1 Å². The Balaban J connectivity index is 1.62. The lowest BCUT2D eigenvalue weighted by Crippen LogP contribution is -2.32. The molecule has 4 aromatic rings. The average molecular weight is 427 g/mol. The Bertz CT molecular complexity index is 1310. The van der Waals surface area contributed by atoms with Crippen LogP contribution >= 0.6 is 11.6 Å². The predicted molar refractivity (Wildman–Crippen MR) is 121 cm³/mol. The van der Waals surface area contributed by atoms with E-state index in [1.54, 1.807) is 6.33 Å². The van der Waals surface area contributed by atoms with Gasteiger partial charge in [-0.1, -0.05) is 65.7 Å². The minimum Gasteiger partial charge on any atom is -0.480 e. The minimum absolute atomic E-state index is 0.150. The highest BCUT2D eigenvalue weighted by molar-refractivity contribution is 6.30. The van der Waals surface area contributed by atoms with Crippen LogP contribution in [-0.4, -0.2) is 14.8 Å². The standard InChI is InChI=1S/C25H19ClN4O/c1-15-6-8-16(9-7-15)23-21-22(29-25-27-14-28-30(23)25)19-4-2-3-5-20(19)31-24(21)17-10-12-18(26)13-11-17/h2-14,23-24H,1H3,(H,27,28,29)/t23-,24-/m0/s1. The summed E-state index contributed by atoms with van der Waals surface area (Å²) in [4.78, 5) is 4.47. The fraction of sp³-hybridized carbons (Fsp3) is 0.120. The van der Waals surface area contributed by atoms with Gasteiger partial charge in [-0.25, -0.2) is 4.68 Å². The Morgan fingerprint density at radius 1 is 0.935 bits per heavy atom. The number of nitrogens with zero attached hydrogens (tertiary/aromatic N) is 3. The number of para-hydroxylation sites is 1. The van der Waals surface area contributed by atoms with Crippen molar-refractivity contribution in [3.05, 3.63) is 112 Å². The van der Waals surface area contributed by atoms with Crippen LogP contribution < -0.4 is 10.1 Å². The number of halogens is 1. The number of hydrogen-bond donors (Lipinski definition) is 1. The van der Waals surface area contributed by atoms with Gasteiger partial charge in [0.15, 0.2) is 0 Å². The zero-order valence-electron chi connectivity index (χ0n) is 16.8. The van der Waals surface area contributed by atoms with E-state index in [-0.39, 0.29) is 12.1 Å². The maximum atomic E-state index is 6.59. The molecule has 2 aliphatic heterocycles. The summed E-state index contributed by atoms with van der Waals surface area (Å²) in [6, 6.07) is 24.4. The molecule has 0 aliphatic carbocycles. The minimum atomic E-state index is -0.293. The molecule has 152 valence electrons. The van der Waals surface area contributed by atoms with Crippen LogP contribution in [0.25, 0.3) is 5.70 Å². The van der Waals surface area contributed by atoms with Crippen molar-refractivity contribution in [2.24, 2.45) is 0 Å². The molecule has 1 N–H and O–H groups in total. The van der Waals surface area contributed by atoms with Crippen molar-refractivity contribution in [3.63, 3.8) is 0 Å². The van der Waals surface area contributed by atoms with E-state index in [0.717, 1.165) is 39.7 Å². The quantitative estimate of drug-likeness (QED) is 0.440. The Hall–Kier alpha value is -3.57. The molecule has 2 aliphatic rings. The van der Waals surface area contributed by atoms with Gasteiger partial charge in [-0.15, -0.1) is 0 Å². The Labute approximate surface area is 185 Å². The second kappa shape index (κ2) is 7.00. The number of fused-ring (bicyclic) bond motifs is 3. The molecule has 6 heteroatoms. The average Bonchev–Trinajstić information content (AvgIpc) is 3.27. The maximum absolute atomic E-state index is 6.59. The van der Waals surface area contributed by atoms with E-state index >= 15 is 0 Å². The second-order valence-electron chi connectivity index (χ2n) is 7.84. The SMILES string of the molecule is Cc1ccc([C@H]2C3=C(Nc4ncnn42)c2ccccc2O[C@H]3c2ccc(Cl)cc2)cc1. The normalized spacial score (nSPS) is 19.0. The number of aryl methyl sites for hydroxylation is 1. The van der Waals surface area contributed by atoms with E-state index in [9.17, 15) is 0 Å². The number of nitrogens with one attached hydrogen (secondary N) is 1. The number of aromatic nitrogens is 3. The van der Waals surface area contributed by atoms with Crippen molar-refractivity contribution in [3.8, 4) is 5.75 Å². The van der Waals surface area contributed by atoms with Crippen molar-refractivity contribution < 1.29 is 4.74 Å². The molecule has 3 aromatic carbocycles. The molecule has 0 amide bonds. The molecule has 31 heavy (non-hydrogen) atoms. The third-order valence-corrected chi connectivity index (χ3v) is 6.14. The zero-order chi connectivity index (χ0) is 20.9. The largest absolute Gasteiger partial charge is 0.480 e. The van der Waals surface area contributed by atoms with Gasteiger partial charge >= 0.3 is 0 Å².